The third kappa shape index (κ3) is 3.09. The van der Waals surface area contributed by atoms with Gasteiger partial charge in [-0.3, -0.25) is 4.79 Å². The molecule has 5 rings (SSSR count). The van der Waals surface area contributed by atoms with Crippen molar-refractivity contribution >= 4 is 23.2 Å². The Morgan fingerprint density at radius 2 is 1.75 bits per heavy atom. The summed E-state index contributed by atoms with van der Waals surface area (Å²) in [5.74, 6) is 2.83. The number of hydrogen-bond donors (Lipinski definition) is 2. The van der Waals surface area contributed by atoms with Crippen molar-refractivity contribution in [2.24, 2.45) is 17.8 Å². The first-order valence-electron chi connectivity index (χ1n) is 9.33. The first kappa shape index (κ1) is 16.4. The summed E-state index contributed by atoms with van der Waals surface area (Å²) in [5.41, 5.74) is 3.27. The Morgan fingerprint density at radius 3 is 2.29 bits per heavy atom. The van der Waals surface area contributed by atoms with Crippen LogP contribution in [0.3, 0.4) is 0 Å². The van der Waals surface area contributed by atoms with Gasteiger partial charge in [-0.2, -0.15) is 0 Å². The third-order valence-corrected chi connectivity index (χ3v) is 6.80. The number of aryl methyl sites for hydroxylation is 2. The molecule has 0 aromatic heterocycles. The molecule has 4 heteroatoms. The van der Waals surface area contributed by atoms with E-state index in [9.17, 15) is 4.79 Å². The van der Waals surface area contributed by atoms with E-state index < -0.39 is 0 Å². The molecule has 4 saturated carbocycles. The Balaban J connectivity index is 1.39. The van der Waals surface area contributed by atoms with Crippen molar-refractivity contribution in [1.29, 1.82) is 0 Å². The predicted molar refractivity (Wildman–Crippen MR) is 97.3 cm³/mol. The molecule has 4 aliphatic rings. The highest BCUT2D eigenvalue weighted by atomic mass is 35.5. The highest BCUT2D eigenvalue weighted by Gasteiger charge is 2.53. The zero-order valence-corrected chi connectivity index (χ0v) is 15.5. The fraction of sp³-hybridized carbons (Fsp3) is 0.650. The van der Waals surface area contributed by atoms with E-state index in [1.807, 2.05) is 19.9 Å². The minimum atomic E-state index is 0.0691. The number of amides is 1. The molecule has 1 aromatic carbocycles. The van der Waals surface area contributed by atoms with Gasteiger partial charge < -0.3 is 10.6 Å². The molecule has 4 fully saturated rings. The summed E-state index contributed by atoms with van der Waals surface area (Å²) < 4.78 is 0. The first-order valence-corrected chi connectivity index (χ1v) is 9.71. The van der Waals surface area contributed by atoms with Crippen LogP contribution in [0.2, 0.25) is 5.02 Å². The number of nitrogens with two attached hydrogens (primary N) is 1. The van der Waals surface area contributed by atoms with Gasteiger partial charge in [0.2, 0.25) is 0 Å². The Labute approximate surface area is 149 Å². The molecular weight excluding hydrogens is 320 g/mol. The van der Waals surface area contributed by atoms with Crippen molar-refractivity contribution in [2.75, 3.05) is 11.9 Å². The molecule has 0 spiro atoms. The number of carbonyl (C=O) groups excluding carboxylic acids is 1. The summed E-state index contributed by atoms with van der Waals surface area (Å²) in [5, 5.41) is 6.02. The Hall–Kier alpha value is -1.06. The van der Waals surface area contributed by atoms with Crippen molar-refractivity contribution in [3.63, 3.8) is 0 Å². The van der Waals surface area contributed by atoms with Crippen molar-refractivity contribution in [3.05, 3.63) is 28.3 Å². The lowest BCUT2D eigenvalue weighted by atomic mass is 9.53. The van der Waals surface area contributed by atoms with Gasteiger partial charge >= 0.3 is 0 Å². The fourth-order valence-electron chi connectivity index (χ4n) is 6.00. The molecule has 3 nitrogen and oxygen atoms in total. The van der Waals surface area contributed by atoms with Crippen LogP contribution in [-0.2, 0) is 4.79 Å². The molecule has 0 heterocycles. The summed E-state index contributed by atoms with van der Waals surface area (Å²) in [6.45, 7) is 4.53. The van der Waals surface area contributed by atoms with Gasteiger partial charge in [-0.15, -0.1) is 0 Å². The van der Waals surface area contributed by atoms with Gasteiger partial charge in [-0.05, 0) is 68.1 Å². The van der Waals surface area contributed by atoms with Crippen molar-refractivity contribution in [3.8, 4) is 0 Å². The fourth-order valence-corrected chi connectivity index (χ4v) is 6.37. The maximum Gasteiger partial charge on any atom is 0.279 e. The van der Waals surface area contributed by atoms with E-state index >= 15 is 0 Å². The second-order valence-corrected chi connectivity index (χ2v) is 9.08. The van der Waals surface area contributed by atoms with E-state index in [0.717, 1.165) is 34.6 Å². The lowest BCUT2D eigenvalue weighted by Crippen LogP contribution is -3.00. The van der Waals surface area contributed by atoms with Crippen LogP contribution in [0.4, 0.5) is 5.69 Å². The molecule has 0 aliphatic heterocycles. The van der Waals surface area contributed by atoms with Crippen LogP contribution in [0.5, 0.6) is 0 Å². The summed E-state index contributed by atoms with van der Waals surface area (Å²) in [6.07, 6.45) is 8.27. The third-order valence-electron chi connectivity index (χ3n) is 6.50. The van der Waals surface area contributed by atoms with Crippen molar-refractivity contribution in [2.45, 2.75) is 57.9 Å². The SMILES string of the molecule is Cc1cc(C)c(NC(=O)C[NH2+]C23CC4CC(CC(C4)C2)C3)c(Cl)c1. The van der Waals surface area contributed by atoms with Crippen LogP contribution in [0.1, 0.15) is 49.7 Å². The Kier molecular flexibility index (Phi) is 4.12. The van der Waals surface area contributed by atoms with Crippen molar-refractivity contribution < 1.29 is 10.1 Å². The number of carbonyl (C=O) groups is 1. The topological polar surface area (TPSA) is 45.7 Å². The average Bonchev–Trinajstić information content (AvgIpc) is 2.47. The van der Waals surface area contributed by atoms with Crippen LogP contribution in [0.15, 0.2) is 12.1 Å². The average molecular weight is 348 g/mol. The van der Waals surface area contributed by atoms with Gasteiger partial charge in [0.25, 0.3) is 5.91 Å². The Bertz CT molecular complexity index is 611. The van der Waals surface area contributed by atoms with Crippen LogP contribution in [0, 0.1) is 31.6 Å². The highest BCUT2D eigenvalue weighted by molar-refractivity contribution is 6.34. The minimum Gasteiger partial charge on any atom is -0.334 e. The lowest BCUT2D eigenvalue weighted by molar-refractivity contribution is -0.729. The van der Waals surface area contributed by atoms with Crippen LogP contribution < -0.4 is 10.6 Å². The highest BCUT2D eigenvalue weighted by Crippen LogP contribution is 2.54. The van der Waals surface area contributed by atoms with Crippen LogP contribution in [-0.4, -0.2) is 18.0 Å². The number of nitrogens with one attached hydrogen (secondary N) is 1. The monoisotopic (exact) mass is 347 g/mol. The summed E-state index contributed by atoms with van der Waals surface area (Å²) in [7, 11) is 0. The van der Waals surface area contributed by atoms with E-state index in [0.29, 0.717) is 17.1 Å². The largest absolute Gasteiger partial charge is 0.334 e. The van der Waals surface area contributed by atoms with Gasteiger partial charge in [0, 0.05) is 19.3 Å². The summed E-state index contributed by atoms with van der Waals surface area (Å²) in [4.78, 5) is 12.5. The van der Waals surface area contributed by atoms with Gasteiger partial charge in [0.15, 0.2) is 6.54 Å². The van der Waals surface area contributed by atoms with Crippen LogP contribution in [0.25, 0.3) is 0 Å². The Morgan fingerprint density at radius 1 is 1.17 bits per heavy atom. The number of hydrogen-bond acceptors (Lipinski definition) is 1. The summed E-state index contributed by atoms with van der Waals surface area (Å²) >= 11 is 6.31. The predicted octanol–water partition coefficient (Wildman–Crippen LogP) is 3.43. The molecule has 1 amide bonds. The minimum absolute atomic E-state index is 0.0691. The van der Waals surface area contributed by atoms with Gasteiger partial charge in [-0.1, -0.05) is 17.7 Å². The van der Waals surface area contributed by atoms with E-state index in [1.165, 1.54) is 38.5 Å². The zero-order chi connectivity index (χ0) is 16.9. The maximum atomic E-state index is 12.5. The van der Waals surface area contributed by atoms with E-state index in [-0.39, 0.29) is 5.91 Å². The summed E-state index contributed by atoms with van der Waals surface area (Å²) in [6, 6.07) is 3.97. The molecule has 24 heavy (non-hydrogen) atoms. The number of anilines is 1. The smallest absolute Gasteiger partial charge is 0.279 e. The van der Waals surface area contributed by atoms with Gasteiger partial charge in [0.05, 0.1) is 16.2 Å². The standard InChI is InChI=1S/C20H27ClN2O/c1-12-3-13(2)19(17(21)4-12)23-18(24)11-22-20-8-14-5-15(9-20)7-16(6-14)10-20/h3-4,14-16,22H,5-11H2,1-2H3,(H,23,24)/p+1. The molecule has 4 aliphatic carbocycles. The van der Waals surface area contributed by atoms with Crippen molar-refractivity contribution in [1.82, 2.24) is 0 Å². The maximum absolute atomic E-state index is 12.5. The number of quaternary nitrogens is 1. The quantitative estimate of drug-likeness (QED) is 0.861. The molecule has 130 valence electrons. The molecule has 0 saturated heterocycles. The zero-order valence-electron chi connectivity index (χ0n) is 14.7. The number of rotatable bonds is 4. The molecule has 1 aromatic rings. The second-order valence-electron chi connectivity index (χ2n) is 8.67. The van der Waals surface area contributed by atoms with Gasteiger partial charge in [0.1, 0.15) is 0 Å². The molecule has 0 unspecified atom stereocenters. The molecule has 0 atom stereocenters. The first-order chi connectivity index (χ1) is 11.4. The van der Waals surface area contributed by atoms with E-state index in [2.05, 4.69) is 16.7 Å². The second kappa shape index (κ2) is 6.03. The van der Waals surface area contributed by atoms with Crippen LogP contribution >= 0.6 is 11.6 Å². The molecule has 4 bridgehead atoms. The molecule has 3 N–H and O–H groups in total. The molecular formula is C20H28ClN2O+. The number of halogens is 1. The lowest BCUT2D eigenvalue weighted by Gasteiger charge is -2.54. The van der Waals surface area contributed by atoms with Gasteiger partial charge in [-0.25, -0.2) is 0 Å². The number of benzene rings is 1. The van der Waals surface area contributed by atoms with E-state index in [1.54, 1.807) is 0 Å². The molecule has 0 radical (unpaired) electrons. The normalized spacial score (nSPS) is 33.7. The van der Waals surface area contributed by atoms with E-state index in [4.69, 9.17) is 11.6 Å².